The lowest BCUT2D eigenvalue weighted by molar-refractivity contribution is -0.123. The second-order valence-electron chi connectivity index (χ2n) is 4.43. The fraction of sp³-hybridized carbons (Fsp3) is 0.286. The van der Waals surface area contributed by atoms with E-state index in [1.165, 1.54) is 0 Å². The Kier molecular flexibility index (Phi) is 3.97. The van der Waals surface area contributed by atoms with Crippen molar-refractivity contribution in [3.8, 4) is 0 Å². The number of aryl methyl sites for hydroxylation is 1. The molecular formula is C14H17N3O2. The molecule has 5 heteroatoms. The monoisotopic (exact) mass is 259 g/mol. The van der Waals surface area contributed by atoms with Gasteiger partial charge in [-0.1, -0.05) is 30.3 Å². The molecule has 0 fully saturated rings. The molecule has 1 amide bonds. The van der Waals surface area contributed by atoms with Crippen LogP contribution in [0, 0.1) is 6.92 Å². The van der Waals surface area contributed by atoms with Crippen molar-refractivity contribution >= 4 is 5.91 Å². The molecule has 0 bridgehead atoms. The first-order chi connectivity index (χ1) is 9.08. The summed E-state index contributed by atoms with van der Waals surface area (Å²) in [5.41, 5.74) is 6.68. The van der Waals surface area contributed by atoms with E-state index in [0.29, 0.717) is 11.7 Å². The zero-order chi connectivity index (χ0) is 13.8. The Morgan fingerprint density at radius 3 is 2.63 bits per heavy atom. The molecule has 0 aliphatic rings. The van der Waals surface area contributed by atoms with Crippen LogP contribution in [0.15, 0.2) is 40.9 Å². The molecule has 0 aliphatic heterocycles. The van der Waals surface area contributed by atoms with Gasteiger partial charge < -0.3 is 15.5 Å². The average Bonchev–Trinajstić information content (AvgIpc) is 2.85. The Bertz CT molecular complexity index is 551. The third-order valence-corrected chi connectivity index (χ3v) is 2.81. The number of benzene rings is 1. The van der Waals surface area contributed by atoms with Gasteiger partial charge in [0.25, 0.3) is 0 Å². The number of aromatic nitrogens is 1. The molecule has 2 rings (SSSR count). The topological polar surface area (TPSA) is 81.2 Å². The highest BCUT2D eigenvalue weighted by Gasteiger charge is 2.20. The Morgan fingerprint density at radius 2 is 2.05 bits per heavy atom. The Hall–Kier alpha value is -2.14. The summed E-state index contributed by atoms with van der Waals surface area (Å²) in [7, 11) is 0. The van der Waals surface area contributed by atoms with Gasteiger partial charge in [-0.15, -0.1) is 0 Å². The van der Waals surface area contributed by atoms with Crippen LogP contribution in [0.2, 0.25) is 0 Å². The Balaban J connectivity index is 2.01. The molecule has 0 saturated carbocycles. The second-order valence-corrected chi connectivity index (χ2v) is 4.43. The maximum Gasteiger partial charge on any atom is 0.242 e. The van der Waals surface area contributed by atoms with E-state index in [1.54, 1.807) is 20.0 Å². The van der Waals surface area contributed by atoms with E-state index in [4.69, 9.17) is 10.2 Å². The van der Waals surface area contributed by atoms with Crippen molar-refractivity contribution in [3.05, 3.63) is 53.7 Å². The third kappa shape index (κ3) is 3.20. The van der Waals surface area contributed by atoms with E-state index in [9.17, 15) is 4.79 Å². The lowest BCUT2D eigenvalue weighted by Gasteiger charge is -2.15. The molecular weight excluding hydrogens is 242 g/mol. The van der Waals surface area contributed by atoms with Crippen LogP contribution in [0.5, 0.6) is 0 Å². The number of nitrogens with two attached hydrogens (primary N) is 1. The van der Waals surface area contributed by atoms with Gasteiger partial charge in [0.1, 0.15) is 17.8 Å². The van der Waals surface area contributed by atoms with Gasteiger partial charge in [-0.3, -0.25) is 4.79 Å². The normalized spacial score (nSPS) is 13.8. The van der Waals surface area contributed by atoms with Crippen LogP contribution >= 0.6 is 0 Å². The number of oxazole rings is 1. The zero-order valence-corrected chi connectivity index (χ0v) is 11.0. The minimum absolute atomic E-state index is 0.255. The SMILES string of the molecule is Cc1cnc(C(C)NC(=O)[C@H](N)c2ccccc2)o1. The van der Waals surface area contributed by atoms with Gasteiger partial charge >= 0.3 is 0 Å². The molecule has 0 aliphatic carbocycles. The van der Waals surface area contributed by atoms with Gasteiger partial charge in [0.05, 0.1) is 6.20 Å². The fourth-order valence-corrected chi connectivity index (χ4v) is 1.75. The number of carbonyl (C=O) groups excluding carboxylic acids is 1. The first-order valence-electron chi connectivity index (χ1n) is 6.11. The van der Waals surface area contributed by atoms with E-state index >= 15 is 0 Å². The van der Waals surface area contributed by atoms with Crippen molar-refractivity contribution < 1.29 is 9.21 Å². The summed E-state index contributed by atoms with van der Waals surface area (Å²) >= 11 is 0. The summed E-state index contributed by atoms with van der Waals surface area (Å²) in [5.74, 6) is 0.934. The van der Waals surface area contributed by atoms with Crippen molar-refractivity contribution in [3.63, 3.8) is 0 Å². The van der Waals surface area contributed by atoms with Crippen LogP contribution in [0.25, 0.3) is 0 Å². The number of hydrogen-bond acceptors (Lipinski definition) is 4. The molecule has 1 heterocycles. The van der Waals surface area contributed by atoms with Gasteiger partial charge in [-0.25, -0.2) is 4.98 Å². The minimum atomic E-state index is -0.695. The molecule has 0 spiro atoms. The lowest BCUT2D eigenvalue weighted by atomic mass is 10.1. The number of rotatable bonds is 4. The predicted molar refractivity (Wildman–Crippen MR) is 71.2 cm³/mol. The summed E-state index contributed by atoms with van der Waals surface area (Å²) in [5, 5.41) is 2.79. The van der Waals surface area contributed by atoms with Gasteiger partial charge in [0.15, 0.2) is 0 Å². The molecule has 1 unspecified atom stereocenters. The van der Waals surface area contributed by atoms with E-state index in [0.717, 1.165) is 5.56 Å². The van der Waals surface area contributed by atoms with Crippen molar-refractivity contribution in [1.29, 1.82) is 0 Å². The van der Waals surface area contributed by atoms with E-state index in [-0.39, 0.29) is 11.9 Å². The zero-order valence-electron chi connectivity index (χ0n) is 11.0. The van der Waals surface area contributed by atoms with Crippen molar-refractivity contribution in [1.82, 2.24) is 10.3 Å². The quantitative estimate of drug-likeness (QED) is 0.878. The van der Waals surface area contributed by atoms with Crippen LogP contribution in [-0.4, -0.2) is 10.9 Å². The molecule has 19 heavy (non-hydrogen) atoms. The van der Waals surface area contributed by atoms with Gasteiger partial charge in [-0.05, 0) is 19.4 Å². The van der Waals surface area contributed by atoms with Crippen molar-refractivity contribution in [2.24, 2.45) is 5.73 Å². The highest BCUT2D eigenvalue weighted by atomic mass is 16.4. The number of hydrogen-bond donors (Lipinski definition) is 2. The number of nitrogens with zero attached hydrogens (tertiary/aromatic N) is 1. The third-order valence-electron chi connectivity index (χ3n) is 2.81. The molecule has 0 saturated heterocycles. The highest BCUT2D eigenvalue weighted by molar-refractivity contribution is 5.83. The summed E-state index contributed by atoms with van der Waals surface area (Å²) in [4.78, 5) is 16.1. The summed E-state index contributed by atoms with van der Waals surface area (Å²) in [6, 6.07) is 8.23. The van der Waals surface area contributed by atoms with E-state index < -0.39 is 6.04 Å². The second kappa shape index (κ2) is 5.67. The standard InChI is InChI=1S/C14H17N3O2/c1-9-8-16-14(19-9)10(2)17-13(18)12(15)11-6-4-3-5-7-11/h3-8,10,12H,15H2,1-2H3,(H,17,18)/t10?,12-/m1/s1. The summed E-state index contributed by atoms with van der Waals surface area (Å²) in [6.07, 6.45) is 1.62. The molecule has 0 radical (unpaired) electrons. The first-order valence-corrected chi connectivity index (χ1v) is 6.11. The van der Waals surface area contributed by atoms with Crippen LogP contribution < -0.4 is 11.1 Å². The maximum atomic E-state index is 12.0. The van der Waals surface area contributed by atoms with Crippen LogP contribution in [0.3, 0.4) is 0 Å². The molecule has 3 N–H and O–H groups in total. The van der Waals surface area contributed by atoms with Crippen molar-refractivity contribution in [2.75, 3.05) is 0 Å². The Labute approximate surface area is 111 Å². The maximum absolute atomic E-state index is 12.0. The molecule has 5 nitrogen and oxygen atoms in total. The number of carbonyl (C=O) groups is 1. The largest absolute Gasteiger partial charge is 0.444 e. The first kappa shape index (κ1) is 13.3. The van der Waals surface area contributed by atoms with E-state index in [1.807, 2.05) is 30.3 Å². The molecule has 1 aromatic carbocycles. The highest BCUT2D eigenvalue weighted by Crippen LogP contribution is 2.15. The average molecular weight is 259 g/mol. The number of nitrogens with one attached hydrogen (secondary N) is 1. The molecule has 100 valence electrons. The predicted octanol–water partition coefficient (Wildman–Crippen LogP) is 1.86. The van der Waals surface area contributed by atoms with Gasteiger partial charge in [-0.2, -0.15) is 0 Å². The van der Waals surface area contributed by atoms with Crippen LogP contribution in [-0.2, 0) is 4.79 Å². The molecule has 2 aromatic rings. The number of amides is 1. The minimum Gasteiger partial charge on any atom is -0.444 e. The van der Waals surface area contributed by atoms with Gasteiger partial charge in [0, 0.05) is 0 Å². The summed E-state index contributed by atoms with van der Waals surface area (Å²) < 4.78 is 5.36. The molecule has 2 atom stereocenters. The van der Waals surface area contributed by atoms with Crippen LogP contribution in [0.1, 0.15) is 36.2 Å². The lowest BCUT2D eigenvalue weighted by Crippen LogP contribution is -2.35. The van der Waals surface area contributed by atoms with E-state index in [2.05, 4.69) is 10.3 Å². The fourth-order valence-electron chi connectivity index (χ4n) is 1.75. The summed E-state index contributed by atoms with van der Waals surface area (Å²) in [6.45, 7) is 3.61. The Morgan fingerprint density at radius 1 is 1.37 bits per heavy atom. The van der Waals surface area contributed by atoms with Gasteiger partial charge in [0.2, 0.25) is 11.8 Å². The smallest absolute Gasteiger partial charge is 0.242 e. The van der Waals surface area contributed by atoms with Crippen LogP contribution in [0.4, 0.5) is 0 Å². The van der Waals surface area contributed by atoms with Crippen molar-refractivity contribution in [2.45, 2.75) is 25.9 Å². The molecule has 1 aromatic heterocycles.